The fraction of sp³-hybridized carbons (Fsp3) is 0.389. The van der Waals surface area contributed by atoms with Gasteiger partial charge in [0.15, 0.2) is 5.82 Å². The summed E-state index contributed by atoms with van der Waals surface area (Å²) >= 11 is 0. The van der Waals surface area contributed by atoms with Crippen LogP contribution in [0.5, 0.6) is 0 Å². The third-order valence-corrected chi connectivity index (χ3v) is 5.31. The topological polar surface area (TPSA) is 97.8 Å². The number of ether oxygens (including phenoxy) is 1. The van der Waals surface area contributed by atoms with E-state index in [9.17, 15) is 9.59 Å². The maximum atomic E-state index is 13.1. The molecule has 2 amide bonds. The van der Waals surface area contributed by atoms with Gasteiger partial charge in [-0.2, -0.15) is 0 Å². The van der Waals surface area contributed by atoms with E-state index in [0.29, 0.717) is 23.9 Å². The first-order valence-electron chi connectivity index (χ1n) is 8.49. The summed E-state index contributed by atoms with van der Waals surface area (Å²) in [7, 11) is 0. The van der Waals surface area contributed by atoms with Gasteiger partial charge < -0.3 is 19.0 Å². The Morgan fingerprint density at radius 2 is 2.38 bits per heavy atom. The number of fused-ring (bicyclic) bond motifs is 1. The first kappa shape index (κ1) is 15.4. The van der Waals surface area contributed by atoms with Gasteiger partial charge in [0.05, 0.1) is 37.3 Å². The van der Waals surface area contributed by atoms with E-state index in [1.54, 1.807) is 36.3 Å². The first-order valence-corrected chi connectivity index (χ1v) is 8.49. The lowest BCUT2D eigenvalue weighted by atomic mass is 9.77. The molecule has 3 aliphatic heterocycles. The molecule has 4 atom stereocenters. The Bertz CT molecular complexity index is 902. The normalized spacial score (nSPS) is 31.7. The Balaban J connectivity index is 1.40. The van der Waals surface area contributed by atoms with Crippen molar-refractivity contribution < 1.29 is 23.3 Å². The molecule has 5 heterocycles. The molecule has 2 saturated heterocycles. The summed E-state index contributed by atoms with van der Waals surface area (Å²) in [5, 5.41) is 6.78. The molecule has 0 radical (unpaired) electrons. The minimum atomic E-state index is -0.776. The SMILES string of the molecule is Cc1cc(N2CC34C=CC(O3)C(C(=O)NCc3ccco3)C4C2=O)no1. The third kappa shape index (κ3) is 2.08. The number of aryl methyl sites for hydroxylation is 1. The van der Waals surface area contributed by atoms with E-state index < -0.39 is 17.4 Å². The van der Waals surface area contributed by atoms with E-state index in [1.807, 2.05) is 12.2 Å². The Hall–Kier alpha value is -2.87. The highest BCUT2D eigenvalue weighted by Gasteiger charge is 2.67. The molecule has 3 aliphatic rings. The van der Waals surface area contributed by atoms with Gasteiger partial charge in [-0.1, -0.05) is 17.3 Å². The van der Waals surface area contributed by atoms with Crippen molar-refractivity contribution in [1.29, 1.82) is 0 Å². The third-order valence-electron chi connectivity index (χ3n) is 5.31. The molecular weight excluding hydrogens is 338 g/mol. The molecule has 1 spiro atoms. The summed E-state index contributed by atoms with van der Waals surface area (Å²) in [6.45, 7) is 2.37. The monoisotopic (exact) mass is 355 g/mol. The zero-order valence-corrected chi connectivity index (χ0v) is 14.0. The van der Waals surface area contributed by atoms with Crippen LogP contribution in [-0.2, 0) is 20.9 Å². The molecule has 5 rings (SSSR count). The predicted molar refractivity (Wildman–Crippen MR) is 87.9 cm³/mol. The number of nitrogens with one attached hydrogen (secondary N) is 1. The fourth-order valence-electron chi connectivity index (χ4n) is 4.18. The van der Waals surface area contributed by atoms with Gasteiger partial charge in [-0.25, -0.2) is 0 Å². The van der Waals surface area contributed by atoms with Gasteiger partial charge in [0, 0.05) is 6.07 Å². The molecule has 0 aromatic carbocycles. The van der Waals surface area contributed by atoms with Crippen molar-refractivity contribution in [2.75, 3.05) is 11.4 Å². The molecule has 4 unspecified atom stereocenters. The molecular formula is C18H17N3O5. The van der Waals surface area contributed by atoms with Crippen molar-refractivity contribution in [3.63, 3.8) is 0 Å². The number of rotatable bonds is 4. The van der Waals surface area contributed by atoms with Crippen molar-refractivity contribution in [1.82, 2.24) is 10.5 Å². The maximum Gasteiger partial charge on any atom is 0.235 e. The Kier molecular flexibility index (Phi) is 3.14. The van der Waals surface area contributed by atoms with Crippen LogP contribution in [0, 0.1) is 18.8 Å². The largest absolute Gasteiger partial charge is 0.467 e. The zero-order valence-electron chi connectivity index (χ0n) is 14.0. The molecule has 2 fully saturated rings. The minimum Gasteiger partial charge on any atom is -0.467 e. The number of aromatic nitrogens is 1. The molecule has 2 aromatic rings. The van der Waals surface area contributed by atoms with Crippen LogP contribution in [0.4, 0.5) is 5.82 Å². The van der Waals surface area contributed by atoms with E-state index in [2.05, 4.69) is 10.5 Å². The second-order valence-corrected chi connectivity index (χ2v) is 6.92. The summed E-state index contributed by atoms with van der Waals surface area (Å²) in [6.07, 6.45) is 4.95. The van der Waals surface area contributed by atoms with Gasteiger partial charge in [0.1, 0.15) is 17.1 Å². The highest BCUT2D eigenvalue weighted by molar-refractivity contribution is 6.02. The smallest absolute Gasteiger partial charge is 0.235 e. The van der Waals surface area contributed by atoms with Crippen LogP contribution < -0.4 is 10.2 Å². The molecule has 8 heteroatoms. The van der Waals surface area contributed by atoms with Crippen molar-refractivity contribution >= 4 is 17.6 Å². The van der Waals surface area contributed by atoms with Gasteiger partial charge in [0.2, 0.25) is 11.8 Å². The second-order valence-electron chi connectivity index (χ2n) is 6.92. The fourth-order valence-corrected chi connectivity index (χ4v) is 4.18. The van der Waals surface area contributed by atoms with Gasteiger partial charge >= 0.3 is 0 Å². The van der Waals surface area contributed by atoms with Gasteiger partial charge in [-0.05, 0) is 19.1 Å². The average molecular weight is 355 g/mol. The average Bonchev–Trinajstić information content (AvgIpc) is 3.41. The van der Waals surface area contributed by atoms with E-state index in [-0.39, 0.29) is 24.5 Å². The van der Waals surface area contributed by atoms with Crippen molar-refractivity contribution in [2.24, 2.45) is 11.8 Å². The number of anilines is 1. The van der Waals surface area contributed by atoms with Crippen molar-refractivity contribution in [3.8, 4) is 0 Å². The van der Waals surface area contributed by atoms with Crippen molar-refractivity contribution in [3.05, 3.63) is 48.1 Å². The lowest BCUT2D eigenvalue weighted by Gasteiger charge is -2.23. The molecule has 2 bridgehead atoms. The second kappa shape index (κ2) is 5.31. The summed E-state index contributed by atoms with van der Waals surface area (Å²) < 4.78 is 16.4. The standard InChI is InChI=1S/C18H17N3O5/c1-10-7-13(20-26-10)21-9-18-5-4-12(25-18)14(15(18)17(21)23)16(22)19-8-11-3-2-6-24-11/h2-7,12,14-15H,8-9H2,1H3,(H,19,22). The van der Waals surface area contributed by atoms with Crippen LogP contribution in [0.3, 0.4) is 0 Å². The van der Waals surface area contributed by atoms with Crippen LogP contribution >= 0.6 is 0 Å². The van der Waals surface area contributed by atoms with Gasteiger partial charge in [-0.3, -0.25) is 14.5 Å². The van der Waals surface area contributed by atoms with Gasteiger partial charge in [0.25, 0.3) is 0 Å². The van der Waals surface area contributed by atoms with E-state index >= 15 is 0 Å². The first-order chi connectivity index (χ1) is 12.6. The Morgan fingerprint density at radius 3 is 3.12 bits per heavy atom. The Morgan fingerprint density at radius 1 is 1.50 bits per heavy atom. The zero-order chi connectivity index (χ0) is 17.9. The highest BCUT2D eigenvalue weighted by Crippen LogP contribution is 2.52. The van der Waals surface area contributed by atoms with Crippen LogP contribution in [0.15, 0.2) is 45.6 Å². The van der Waals surface area contributed by atoms with E-state index in [4.69, 9.17) is 13.7 Å². The molecule has 8 nitrogen and oxygen atoms in total. The highest BCUT2D eigenvalue weighted by atomic mass is 16.5. The van der Waals surface area contributed by atoms with Crippen LogP contribution in [0.25, 0.3) is 0 Å². The summed E-state index contributed by atoms with van der Waals surface area (Å²) in [6, 6.07) is 5.25. The number of furan rings is 1. The van der Waals surface area contributed by atoms with Crippen LogP contribution in [0.2, 0.25) is 0 Å². The van der Waals surface area contributed by atoms with Gasteiger partial charge in [-0.15, -0.1) is 0 Å². The molecule has 1 N–H and O–H groups in total. The summed E-state index contributed by atoms with van der Waals surface area (Å²) in [5.41, 5.74) is -0.776. The van der Waals surface area contributed by atoms with E-state index in [1.165, 1.54) is 0 Å². The van der Waals surface area contributed by atoms with Crippen LogP contribution in [-0.4, -0.2) is 35.2 Å². The lowest BCUT2D eigenvalue weighted by molar-refractivity contribution is -0.132. The number of hydrogen-bond acceptors (Lipinski definition) is 6. The predicted octanol–water partition coefficient (Wildman–Crippen LogP) is 1.18. The number of hydrogen-bond donors (Lipinski definition) is 1. The summed E-state index contributed by atoms with van der Waals surface area (Å²) in [5.74, 6) is 0.219. The Labute approximate surface area is 148 Å². The molecule has 0 saturated carbocycles. The lowest BCUT2D eigenvalue weighted by Crippen LogP contribution is -2.43. The quantitative estimate of drug-likeness (QED) is 0.827. The number of nitrogens with zero attached hydrogens (tertiary/aromatic N) is 2. The number of carbonyl (C=O) groups excluding carboxylic acids is 2. The summed E-state index contributed by atoms with van der Waals surface area (Å²) in [4.78, 5) is 27.4. The van der Waals surface area contributed by atoms with E-state index in [0.717, 1.165) is 0 Å². The molecule has 0 aliphatic carbocycles. The molecule has 134 valence electrons. The number of carbonyl (C=O) groups is 2. The molecule has 26 heavy (non-hydrogen) atoms. The van der Waals surface area contributed by atoms with Crippen molar-refractivity contribution in [2.45, 2.75) is 25.2 Å². The number of amides is 2. The minimum absolute atomic E-state index is 0.164. The van der Waals surface area contributed by atoms with Crippen LogP contribution in [0.1, 0.15) is 11.5 Å². The maximum absolute atomic E-state index is 13.1. The molecule has 2 aromatic heterocycles.